The monoisotopic (exact) mass is 291 g/mol. The van der Waals surface area contributed by atoms with Crippen LogP contribution in [-0.2, 0) is 6.42 Å². The topological polar surface area (TPSA) is 64.7 Å². The van der Waals surface area contributed by atoms with E-state index in [4.69, 9.17) is 15.2 Å². The minimum absolute atomic E-state index is 0.0172. The van der Waals surface area contributed by atoms with Crippen molar-refractivity contribution in [3.05, 3.63) is 23.8 Å². The van der Waals surface area contributed by atoms with Gasteiger partial charge in [0.2, 0.25) is 0 Å². The zero-order valence-electron chi connectivity index (χ0n) is 12.9. The van der Waals surface area contributed by atoms with E-state index in [1.54, 1.807) is 0 Å². The molecule has 0 saturated heterocycles. The minimum Gasteiger partial charge on any atom is -0.486 e. The average Bonchev–Trinajstić information content (AvgIpc) is 2.74. The number of hydrogen-bond acceptors (Lipinski definition) is 4. The van der Waals surface area contributed by atoms with Crippen LogP contribution >= 0.6 is 0 Å². The van der Waals surface area contributed by atoms with Crippen molar-refractivity contribution in [2.45, 2.75) is 63.2 Å². The van der Waals surface area contributed by atoms with E-state index in [9.17, 15) is 5.11 Å². The summed E-state index contributed by atoms with van der Waals surface area (Å²) < 4.78 is 12.2. The molecule has 3 N–H and O–H groups in total. The van der Waals surface area contributed by atoms with Gasteiger partial charge in [-0.1, -0.05) is 12.1 Å². The van der Waals surface area contributed by atoms with Gasteiger partial charge in [0.1, 0.15) is 11.7 Å². The van der Waals surface area contributed by atoms with E-state index in [1.165, 1.54) is 5.56 Å². The zero-order chi connectivity index (χ0) is 15.1. The summed E-state index contributed by atoms with van der Waals surface area (Å²) in [5.41, 5.74) is 6.73. The summed E-state index contributed by atoms with van der Waals surface area (Å²) in [5, 5.41) is 9.45. The van der Waals surface area contributed by atoms with Crippen molar-refractivity contribution in [2.24, 2.45) is 5.73 Å². The van der Waals surface area contributed by atoms with Crippen LogP contribution in [0.3, 0.4) is 0 Å². The van der Waals surface area contributed by atoms with E-state index in [-0.39, 0.29) is 18.3 Å². The highest BCUT2D eigenvalue weighted by atomic mass is 16.5. The van der Waals surface area contributed by atoms with E-state index in [2.05, 4.69) is 19.9 Å². The molecule has 116 valence electrons. The molecule has 1 heterocycles. The Hall–Kier alpha value is -1.26. The molecular weight excluding hydrogens is 266 g/mol. The highest BCUT2D eigenvalue weighted by Crippen LogP contribution is 2.43. The molecule has 2 aliphatic rings. The Balaban J connectivity index is 1.76. The molecule has 4 heteroatoms. The average molecular weight is 291 g/mol. The molecule has 0 spiro atoms. The first kappa shape index (κ1) is 14.7. The predicted octanol–water partition coefficient (Wildman–Crippen LogP) is 2.41. The van der Waals surface area contributed by atoms with Gasteiger partial charge in [-0.25, -0.2) is 0 Å². The molecular formula is C17H25NO3. The van der Waals surface area contributed by atoms with E-state index < -0.39 is 5.54 Å². The summed E-state index contributed by atoms with van der Waals surface area (Å²) >= 11 is 0. The molecule has 0 radical (unpaired) electrons. The molecule has 0 bridgehead atoms. The Bertz CT molecular complexity index is 529. The van der Waals surface area contributed by atoms with Crippen molar-refractivity contribution in [1.29, 1.82) is 0 Å². The third kappa shape index (κ3) is 3.01. The molecule has 1 aromatic carbocycles. The van der Waals surface area contributed by atoms with Gasteiger partial charge in [-0.05, 0) is 39.2 Å². The summed E-state index contributed by atoms with van der Waals surface area (Å²) in [5.74, 6) is 1.69. The van der Waals surface area contributed by atoms with Crippen molar-refractivity contribution in [3.8, 4) is 11.5 Å². The standard InChI is InChI=1S/C17H25NO3/c1-16(2)9-12-5-3-7-14(15(12)21-16)20-13-6-4-8-17(18,10-13)11-19/h3,5,7,13,19H,4,6,8-11,18H2,1-2H3. The lowest BCUT2D eigenvalue weighted by Crippen LogP contribution is -2.50. The maximum Gasteiger partial charge on any atom is 0.165 e. The van der Waals surface area contributed by atoms with Gasteiger partial charge >= 0.3 is 0 Å². The van der Waals surface area contributed by atoms with Crippen LogP contribution < -0.4 is 15.2 Å². The van der Waals surface area contributed by atoms with E-state index in [0.717, 1.165) is 37.2 Å². The first-order valence-electron chi connectivity index (χ1n) is 7.78. The Kier molecular flexibility index (Phi) is 3.62. The van der Waals surface area contributed by atoms with Gasteiger partial charge in [-0.15, -0.1) is 0 Å². The number of para-hydroxylation sites is 1. The van der Waals surface area contributed by atoms with Crippen LogP contribution in [0.15, 0.2) is 18.2 Å². The smallest absolute Gasteiger partial charge is 0.165 e. The number of fused-ring (bicyclic) bond motifs is 1. The van der Waals surface area contributed by atoms with Crippen LogP contribution in [0, 0.1) is 0 Å². The first-order chi connectivity index (χ1) is 9.91. The quantitative estimate of drug-likeness (QED) is 0.897. The lowest BCUT2D eigenvalue weighted by molar-refractivity contribution is 0.0669. The number of nitrogens with two attached hydrogens (primary N) is 1. The van der Waals surface area contributed by atoms with Gasteiger partial charge in [0.15, 0.2) is 11.5 Å². The summed E-state index contributed by atoms with van der Waals surface area (Å²) in [6.45, 7) is 4.20. The fourth-order valence-corrected chi connectivity index (χ4v) is 3.44. The van der Waals surface area contributed by atoms with Gasteiger partial charge in [-0.3, -0.25) is 0 Å². The third-order valence-corrected chi connectivity index (χ3v) is 4.50. The molecule has 0 amide bonds. The number of aliphatic hydroxyl groups excluding tert-OH is 1. The Morgan fingerprint density at radius 3 is 3.00 bits per heavy atom. The van der Waals surface area contributed by atoms with Crippen molar-refractivity contribution >= 4 is 0 Å². The number of benzene rings is 1. The van der Waals surface area contributed by atoms with Crippen LogP contribution in [0.5, 0.6) is 11.5 Å². The van der Waals surface area contributed by atoms with Crippen molar-refractivity contribution in [3.63, 3.8) is 0 Å². The summed E-state index contributed by atoms with van der Waals surface area (Å²) in [4.78, 5) is 0. The number of aliphatic hydroxyl groups is 1. The number of hydrogen-bond donors (Lipinski definition) is 2. The predicted molar refractivity (Wildman–Crippen MR) is 81.7 cm³/mol. The van der Waals surface area contributed by atoms with Crippen molar-refractivity contribution in [1.82, 2.24) is 0 Å². The Morgan fingerprint density at radius 2 is 2.24 bits per heavy atom. The van der Waals surface area contributed by atoms with Crippen molar-refractivity contribution < 1.29 is 14.6 Å². The van der Waals surface area contributed by atoms with Crippen LogP contribution in [0.25, 0.3) is 0 Å². The largest absolute Gasteiger partial charge is 0.486 e. The molecule has 1 fully saturated rings. The van der Waals surface area contributed by atoms with Gasteiger partial charge in [0.05, 0.1) is 6.61 Å². The molecule has 0 aromatic heterocycles. The lowest BCUT2D eigenvalue weighted by atomic mass is 9.81. The maximum atomic E-state index is 9.45. The third-order valence-electron chi connectivity index (χ3n) is 4.50. The molecule has 2 atom stereocenters. The maximum absolute atomic E-state index is 9.45. The van der Waals surface area contributed by atoms with Gasteiger partial charge < -0.3 is 20.3 Å². The highest BCUT2D eigenvalue weighted by Gasteiger charge is 2.36. The summed E-state index contributed by atoms with van der Waals surface area (Å²) in [7, 11) is 0. The fraction of sp³-hybridized carbons (Fsp3) is 0.647. The Morgan fingerprint density at radius 1 is 1.43 bits per heavy atom. The Labute approximate surface area is 126 Å². The fourth-order valence-electron chi connectivity index (χ4n) is 3.44. The minimum atomic E-state index is -0.499. The van der Waals surface area contributed by atoms with Crippen LogP contribution in [-0.4, -0.2) is 29.0 Å². The second kappa shape index (κ2) is 5.18. The van der Waals surface area contributed by atoms with Crippen molar-refractivity contribution in [2.75, 3.05) is 6.61 Å². The van der Waals surface area contributed by atoms with E-state index in [1.807, 2.05) is 12.1 Å². The summed E-state index contributed by atoms with van der Waals surface area (Å²) in [6.07, 6.45) is 4.47. The molecule has 4 nitrogen and oxygen atoms in total. The second-order valence-electron chi connectivity index (χ2n) is 7.14. The molecule has 1 saturated carbocycles. The molecule has 3 rings (SSSR count). The van der Waals surface area contributed by atoms with Crippen LogP contribution in [0.2, 0.25) is 0 Å². The van der Waals surface area contributed by atoms with E-state index in [0.29, 0.717) is 6.42 Å². The van der Waals surface area contributed by atoms with Gasteiger partial charge in [0.25, 0.3) is 0 Å². The molecule has 21 heavy (non-hydrogen) atoms. The molecule has 2 unspecified atom stereocenters. The summed E-state index contributed by atoms with van der Waals surface area (Å²) in [6, 6.07) is 6.08. The number of ether oxygens (including phenoxy) is 2. The van der Waals surface area contributed by atoms with Crippen LogP contribution in [0.4, 0.5) is 0 Å². The van der Waals surface area contributed by atoms with Gasteiger partial charge in [0, 0.05) is 23.9 Å². The van der Waals surface area contributed by atoms with Gasteiger partial charge in [-0.2, -0.15) is 0 Å². The molecule has 1 aliphatic heterocycles. The van der Waals surface area contributed by atoms with Crippen LogP contribution in [0.1, 0.15) is 45.1 Å². The first-order valence-corrected chi connectivity index (χ1v) is 7.78. The lowest BCUT2D eigenvalue weighted by Gasteiger charge is -2.36. The molecule has 1 aromatic rings. The normalized spacial score (nSPS) is 30.6. The molecule has 1 aliphatic carbocycles. The second-order valence-corrected chi connectivity index (χ2v) is 7.14. The highest BCUT2D eigenvalue weighted by molar-refractivity contribution is 5.50. The SMILES string of the molecule is CC1(C)Cc2cccc(OC3CCCC(N)(CO)C3)c2O1. The van der Waals surface area contributed by atoms with E-state index >= 15 is 0 Å². The zero-order valence-corrected chi connectivity index (χ0v) is 12.9. The number of rotatable bonds is 3.